The summed E-state index contributed by atoms with van der Waals surface area (Å²) >= 11 is 7.44. The van der Waals surface area contributed by atoms with Gasteiger partial charge in [-0.1, -0.05) is 55.4 Å². The van der Waals surface area contributed by atoms with Crippen LogP contribution in [0.4, 0.5) is 10.1 Å². The van der Waals surface area contributed by atoms with E-state index in [1.165, 1.54) is 23.9 Å². The molecule has 0 aliphatic carbocycles. The van der Waals surface area contributed by atoms with Gasteiger partial charge >= 0.3 is 0 Å². The summed E-state index contributed by atoms with van der Waals surface area (Å²) < 4.78 is 15.4. The van der Waals surface area contributed by atoms with Crippen molar-refractivity contribution in [2.45, 2.75) is 51.9 Å². The number of aryl methyl sites for hydroxylation is 1. The van der Waals surface area contributed by atoms with Gasteiger partial charge in [0.1, 0.15) is 5.82 Å². The van der Waals surface area contributed by atoms with Gasteiger partial charge in [0.15, 0.2) is 11.0 Å². The zero-order valence-electron chi connectivity index (χ0n) is 20.1. The Morgan fingerprint density at radius 3 is 2.60 bits per heavy atom. The number of thioether (sulfide) groups is 1. The molecule has 2 N–H and O–H groups in total. The molecule has 1 heterocycles. The van der Waals surface area contributed by atoms with Crippen LogP contribution in [-0.2, 0) is 11.3 Å². The van der Waals surface area contributed by atoms with Crippen molar-refractivity contribution in [1.29, 1.82) is 0 Å². The molecule has 0 unspecified atom stereocenters. The summed E-state index contributed by atoms with van der Waals surface area (Å²) in [5.74, 6) is 0.00142. The Bertz CT molecular complexity index is 1200. The average Bonchev–Trinajstić information content (AvgIpc) is 3.22. The monoisotopic (exact) mass is 517 g/mol. The molecule has 0 aliphatic rings. The first-order chi connectivity index (χ1) is 16.7. The molecule has 0 bridgehead atoms. The second-order valence-corrected chi connectivity index (χ2v) is 9.87. The first-order valence-corrected chi connectivity index (χ1v) is 12.7. The summed E-state index contributed by atoms with van der Waals surface area (Å²) in [5.41, 5.74) is 1.60. The number of aromatic nitrogens is 3. The fourth-order valence-corrected chi connectivity index (χ4v) is 4.62. The number of rotatable bonds is 10. The largest absolute Gasteiger partial charge is 0.342 e. The van der Waals surface area contributed by atoms with Crippen LogP contribution in [0.15, 0.2) is 47.6 Å². The van der Waals surface area contributed by atoms with E-state index in [1.54, 1.807) is 37.3 Å². The number of carbonyl (C=O) groups is 2. The van der Waals surface area contributed by atoms with E-state index in [-0.39, 0.29) is 29.5 Å². The van der Waals surface area contributed by atoms with Gasteiger partial charge in [-0.2, -0.15) is 0 Å². The molecule has 1 aromatic heterocycles. The molecule has 0 saturated heterocycles. The van der Waals surface area contributed by atoms with Crippen LogP contribution in [0.25, 0.3) is 0 Å². The van der Waals surface area contributed by atoms with Crippen LogP contribution < -0.4 is 10.6 Å². The first kappa shape index (κ1) is 26.7. The molecule has 0 saturated carbocycles. The number of anilines is 1. The van der Waals surface area contributed by atoms with Gasteiger partial charge in [0, 0.05) is 12.2 Å². The van der Waals surface area contributed by atoms with Crippen LogP contribution in [0, 0.1) is 18.7 Å². The molecule has 0 fully saturated rings. The molecule has 1 atom stereocenters. The second kappa shape index (κ2) is 12.2. The second-order valence-electron chi connectivity index (χ2n) is 8.52. The van der Waals surface area contributed by atoms with Crippen molar-refractivity contribution in [3.8, 4) is 0 Å². The van der Waals surface area contributed by atoms with Gasteiger partial charge < -0.3 is 15.2 Å². The summed E-state index contributed by atoms with van der Waals surface area (Å²) in [6.07, 6.45) is 0.651. The van der Waals surface area contributed by atoms with Gasteiger partial charge in [0.25, 0.3) is 5.91 Å². The highest BCUT2D eigenvalue weighted by Crippen LogP contribution is 2.26. The Hall–Kier alpha value is -2.91. The standard InChI is InChI=1S/C25H29ClFN5O2S/c1-5-32-23(21(12-15(2)3)29-24(34)18-8-6-7-9-19(18)26)30-31-25(32)35-14-22(33)28-20-13-17(27)11-10-16(20)4/h6-11,13,15,21H,5,12,14H2,1-4H3,(H,28,33)(H,29,34)/t21-/m0/s1. The van der Waals surface area contributed by atoms with Crippen LogP contribution in [0.5, 0.6) is 0 Å². The molecule has 3 rings (SSSR count). The van der Waals surface area contributed by atoms with Crippen LogP contribution in [0.3, 0.4) is 0 Å². The third kappa shape index (κ3) is 7.05. The smallest absolute Gasteiger partial charge is 0.253 e. The number of halogens is 2. The van der Waals surface area contributed by atoms with E-state index in [0.29, 0.717) is 40.2 Å². The van der Waals surface area contributed by atoms with E-state index in [9.17, 15) is 14.0 Å². The van der Waals surface area contributed by atoms with E-state index in [2.05, 4.69) is 34.7 Å². The van der Waals surface area contributed by atoms with Crippen molar-refractivity contribution in [1.82, 2.24) is 20.1 Å². The summed E-state index contributed by atoms with van der Waals surface area (Å²) in [5, 5.41) is 15.4. The third-order valence-corrected chi connectivity index (χ3v) is 6.61. The first-order valence-electron chi connectivity index (χ1n) is 11.4. The summed E-state index contributed by atoms with van der Waals surface area (Å²) in [4.78, 5) is 25.4. The molecule has 0 spiro atoms. The van der Waals surface area contributed by atoms with Gasteiger partial charge in [-0.25, -0.2) is 4.39 Å². The Kier molecular flexibility index (Phi) is 9.28. The lowest BCUT2D eigenvalue weighted by atomic mass is 10.0. The quantitative estimate of drug-likeness (QED) is 0.339. The highest BCUT2D eigenvalue weighted by molar-refractivity contribution is 7.99. The predicted molar refractivity (Wildman–Crippen MR) is 137 cm³/mol. The molecule has 3 aromatic rings. The number of hydrogen-bond acceptors (Lipinski definition) is 5. The number of nitrogens with zero attached hydrogens (tertiary/aromatic N) is 3. The van der Waals surface area contributed by atoms with Gasteiger partial charge in [-0.15, -0.1) is 10.2 Å². The van der Waals surface area contributed by atoms with E-state index in [4.69, 9.17) is 11.6 Å². The van der Waals surface area contributed by atoms with E-state index >= 15 is 0 Å². The number of amides is 2. The molecule has 0 radical (unpaired) electrons. The molecular weight excluding hydrogens is 489 g/mol. The number of carbonyl (C=O) groups excluding carboxylic acids is 2. The minimum absolute atomic E-state index is 0.0783. The van der Waals surface area contributed by atoms with E-state index in [0.717, 1.165) is 5.56 Å². The highest BCUT2D eigenvalue weighted by Gasteiger charge is 2.25. The minimum atomic E-state index is -0.413. The van der Waals surface area contributed by atoms with Crippen molar-refractivity contribution in [3.05, 3.63) is 70.3 Å². The molecule has 2 amide bonds. The van der Waals surface area contributed by atoms with Crippen molar-refractivity contribution in [2.75, 3.05) is 11.1 Å². The van der Waals surface area contributed by atoms with Crippen molar-refractivity contribution >= 4 is 40.9 Å². The third-order valence-electron chi connectivity index (χ3n) is 5.31. The molecule has 35 heavy (non-hydrogen) atoms. The lowest BCUT2D eigenvalue weighted by molar-refractivity contribution is -0.113. The Morgan fingerprint density at radius 1 is 1.17 bits per heavy atom. The lowest BCUT2D eigenvalue weighted by Crippen LogP contribution is -2.31. The summed E-state index contributed by atoms with van der Waals surface area (Å²) in [6, 6.07) is 10.8. The number of benzene rings is 2. The summed E-state index contributed by atoms with van der Waals surface area (Å²) in [7, 11) is 0. The van der Waals surface area contributed by atoms with Crippen LogP contribution in [0.2, 0.25) is 5.02 Å². The Balaban J connectivity index is 1.75. The molecule has 0 aliphatic heterocycles. The highest BCUT2D eigenvalue weighted by atomic mass is 35.5. The zero-order valence-corrected chi connectivity index (χ0v) is 21.7. The normalized spacial score (nSPS) is 12.0. The maximum Gasteiger partial charge on any atom is 0.253 e. The fraction of sp³-hybridized carbons (Fsp3) is 0.360. The van der Waals surface area contributed by atoms with Crippen LogP contribution in [-0.4, -0.2) is 32.3 Å². The van der Waals surface area contributed by atoms with Crippen molar-refractivity contribution in [3.63, 3.8) is 0 Å². The molecular formula is C25H29ClFN5O2S. The number of nitrogens with one attached hydrogen (secondary N) is 2. The van der Waals surface area contributed by atoms with Gasteiger partial charge in [-0.3, -0.25) is 9.59 Å². The SMILES string of the molecule is CCn1c(SCC(=O)Nc2cc(F)ccc2C)nnc1[C@H](CC(C)C)NC(=O)c1ccccc1Cl. The topological polar surface area (TPSA) is 88.9 Å². The molecule has 186 valence electrons. The van der Waals surface area contributed by atoms with Crippen LogP contribution in [0.1, 0.15) is 55.0 Å². The van der Waals surface area contributed by atoms with Gasteiger partial charge in [-0.05, 0) is 56.0 Å². The number of hydrogen-bond donors (Lipinski definition) is 2. The van der Waals surface area contributed by atoms with Gasteiger partial charge in [0.2, 0.25) is 5.91 Å². The van der Waals surface area contributed by atoms with Crippen molar-refractivity contribution in [2.24, 2.45) is 5.92 Å². The maximum atomic E-state index is 13.5. The van der Waals surface area contributed by atoms with Crippen molar-refractivity contribution < 1.29 is 14.0 Å². The average molecular weight is 518 g/mol. The lowest BCUT2D eigenvalue weighted by Gasteiger charge is -2.21. The molecule has 10 heteroatoms. The molecule has 7 nitrogen and oxygen atoms in total. The summed E-state index contributed by atoms with van der Waals surface area (Å²) in [6.45, 7) is 8.45. The van der Waals surface area contributed by atoms with E-state index < -0.39 is 5.82 Å². The van der Waals surface area contributed by atoms with E-state index in [1.807, 2.05) is 11.5 Å². The predicted octanol–water partition coefficient (Wildman–Crippen LogP) is 5.65. The van der Waals surface area contributed by atoms with Crippen LogP contribution >= 0.6 is 23.4 Å². The minimum Gasteiger partial charge on any atom is -0.342 e. The molecule has 2 aromatic carbocycles. The maximum absolute atomic E-state index is 13.5. The Labute approximate surface area is 213 Å². The Morgan fingerprint density at radius 2 is 1.91 bits per heavy atom. The van der Waals surface area contributed by atoms with Gasteiger partial charge in [0.05, 0.1) is 22.4 Å². The fourth-order valence-electron chi connectivity index (χ4n) is 3.59. The zero-order chi connectivity index (χ0) is 25.5.